The Morgan fingerprint density at radius 1 is 1.12 bits per heavy atom. The fourth-order valence-electron chi connectivity index (χ4n) is 3.12. The third-order valence-electron chi connectivity index (χ3n) is 4.86. The van der Waals surface area contributed by atoms with Gasteiger partial charge in [0.15, 0.2) is 11.8 Å². The van der Waals surface area contributed by atoms with Crippen molar-refractivity contribution in [3.63, 3.8) is 0 Å². The van der Waals surface area contributed by atoms with Crippen molar-refractivity contribution in [1.82, 2.24) is 10.2 Å². The molecule has 4 rings (SSSR count). The summed E-state index contributed by atoms with van der Waals surface area (Å²) in [5.41, 5.74) is 1.57. The van der Waals surface area contributed by atoms with Gasteiger partial charge in [0, 0.05) is 13.1 Å². The number of amidine groups is 1. The summed E-state index contributed by atoms with van der Waals surface area (Å²) in [7, 11) is 1.61. The minimum Gasteiger partial charge on any atom is -0.497 e. The lowest BCUT2D eigenvalue weighted by Gasteiger charge is -2.26. The molecule has 0 bridgehead atoms. The van der Waals surface area contributed by atoms with Crippen LogP contribution in [0.15, 0.2) is 58.4 Å². The number of rotatable bonds is 6. The molecule has 0 aromatic heterocycles. The third kappa shape index (κ3) is 5.68. The van der Waals surface area contributed by atoms with Gasteiger partial charge in [-0.1, -0.05) is 12.1 Å². The summed E-state index contributed by atoms with van der Waals surface area (Å²) in [6.45, 7) is 2.31. The molecular weight excluding hydrogens is 430 g/mol. The van der Waals surface area contributed by atoms with Crippen molar-refractivity contribution in [2.24, 2.45) is 4.99 Å². The molecule has 0 atom stereocenters. The van der Waals surface area contributed by atoms with Gasteiger partial charge in [-0.15, -0.1) is 0 Å². The van der Waals surface area contributed by atoms with Crippen LogP contribution in [0.3, 0.4) is 0 Å². The first kappa shape index (κ1) is 21.9. The van der Waals surface area contributed by atoms with Crippen LogP contribution in [-0.2, 0) is 14.3 Å². The van der Waals surface area contributed by atoms with Crippen LogP contribution in [0.2, 0.25) is 0 Å². The molecule has 1 N–H and O–H groups in total. The standard InChI is InChI=1S/C23H23N3O5S/c1-29-18-8-4-17(5-9-18)24-23-25-22(28)20(32-23)14-16-2-6-19(7-3-16)31-15-21(27)26-10-12-30-13-11-26/h2-9,14H,10-13,15H2,1H3,(H,24,25,28)/b20-14+. The summed E-state index contributed by atoms with van der Waals surface area (Å²) in [5.74, 6) is 1.09. The van der Waals surface area contributed by atoms with Gasteiger partial charge in [-0.05, 0) is 59.8 Å². The fraction of sp³-hybridized carbons (Fsp3) is 0.261. The Kier molecular flexibility index (Phi) is 7.08. The molecule has 32 heavy (non-hydrogen) atoms. The molecule has 2 aromatic carbocycles. The van der Waals surface area contributed by atoms with E-state index in [-0.39, 0.29) is 18.4 Å². The molecule has 2 amide bonds. The van der Waals surface area contributed by atoms with E-state index in [0.29, 0.717) is 42.1 Å². The second kappa shape index (κ2) is 10.3. The molecule has 0 unspecified atom stereocenters. The Bertz CT molecular complexity index is 1030. The summed E-state index contributed by atoms with van der Waals surface area (Å²) >= 11 is 1.28. The molecule has 166 valence electrons. The van der Waals surface area contributed by atoms with Gasteiger partial charge in [-0.3, -0.25) is 9.59 Å². The SMILES string of the molecule is COc1ccc(N=C2NC(=O)/C(=C\c3ccc(OCC(=O)N4CCOCC4)cc3)S2)cc1. The Labute approximate surface area is 190 Å². The highest BCUT2D eigenvalue weighted by atomic mass is 32.2. The first-order valence-electron chi connectivity index (χ1n) is 10.1. The highest BCUT2D eigenvalue weighted by Gasteiger charge is 2.23. The minimum absolute atomic E-state index is 0.0100. The first-order valence-corrected chi connectivity index (χ1v) is 10.9. The van der Waals surface area contributed by atoms with Crippen molar-refractivity contribution >= 4 is 40.5 Å². The predicted octanol–water partition coefficient (Wildman–Crippen LogP) is 2.82. The van der Waals surface area contributed by atoms with Crippen LogP contribution in [-0.4, -0.2) is 61.9 Å². The number of aliphatic imine (C=N–C) groups is 1. The Morgan fingerprint density at radius 3 is 2.50 bits per heavy atom. The van der Waals surface area contributed by atoms with Crippen molar-refractivity contribution in [3.05, 3.63) is 59.0 Å². The summed E-state index contributed by atoms with van der Waals surface area (Å²) in [5, 5.41) is 3.30. The number of hydrogen-bond donors (Lipinski definition) is 1. The van der Waals surface area contributed by atoms with Gasteiger partial charge >= 0.3 is 0 Å². The number of amides is 2. The summed E-state index contributed by atoms with van der Waals surface area (Å²) in [4.78, 5) is 31.2. The normalized spacial score (nSPS) is 18.7. The van der Waals surface area contributed by atoms with E-state index in [9.17, 15) is 9.59 Å². The van der Waals surface area contributed by atoms with E-state index in [1.165, 1.54) is 11.8 Å². The molecular formula is C23H23N3O5S. The zero-order valence-electron chi connectivity index (χ0n) is 17.6. The van der Waals surface area contributed by atoms with Gasteiger partial charge in [0.25, 0.3) is 11.8 Å². The van der Waals surface area contributed by atoms with Crippen LogP contribution in [0.5, 0.6) is 11.5 Å². The lowest BCUT2D eigenvalue weighted by atomic mass is 10.2. The van der Waals surface area contributed by atoms with Crippen molar-refractivity contribution in [3.8, 4) is 11.5 Å². The average Bonchev–Trinajstić information content (AvgIpc) is 3.17. The van der Waals surface area contributed by atoms with E-state index in [1.54, 1.807) is 30.2 Å². The maximum Gasteiger partial charge on any atom is 0.264 e. The quantitative estimate of drug-likeness (QED) is 0.677. The van der Waals surface area contributed by atoms with E-state index in [1.807, 2.05) is 36.4 Å². The van der Waals surface area contributed by atoms with Gasteiger partial charge in [-0.25, -0.2) is 4.99 Å². The lowest BCUT2D eigenvalue weighted by Crippen LogP contribution is -2.42. The Balaban J connectivity index is 1.34. The smallest absolute Gasteiger partial charge is 0.264 e. The van der Waals surface area contributed by atoms with Gasteiger partial charge in [0.2, 0.25) is 0 Å². The zero-order chi connectivity index (χ0) is 22.3. The number of nitrogens with zero attached hydrogens (tertiary/aromatic N) is 2. The van der Waals surface area contributed by atoms with Crippen molar-refractivity contribution in [2.45, 2.75) is 0 Å². The molecule has 0 radical (unpaired) electrons. The molecule has 2 aliphatic rings. The second-order valence-electron chi connectivity index (χ2n) is 7.03. The van der Waals surface area contributed by atoms with Crippen LogP contribution >= 0.6 is 11.8 Å². The van der Waals surface area contributed by atoms with Crippen molar-refractivity contribution in [1.29, 1.82) is 0 Å². The lowest BCUT2D eigenvalue weighted by molar-refractivity contribution is -0.137. The molecule has 2 aliphatic heterocycles. The summed E-state index contributed by atoms with van der Waals surface area (Å²) in [6.07, 6.45) is 1.79. The van der Waals surface area contributed by atoms with Crippen molar-refractivity contribution < 1.29 is 23.8 Å². The second-order valence-corrected chi connectivity index (χ2v) is 8.06. The first-order chi connectivity index (χ1) is 15.6. The zero-order valence-corrected chi connectivity index (χ0v) is 18.4. The van der Waals surface area contributed by atoms with E-state index in [4.69, 9.17) is 14.2 Å². The maximum absolute atomic E-state index is 12.3. The largest absolute Gasteiger partial charge is 0.497 e. The molecule has 2 saturated heterocycles. The van der Waals surface area contributed by atoms with Crippen LogP contribution in [0.1, 0.15) is 5.56 Å². The Hall–Kier alpha value is -3.30. The molecule has 2 aromatic rings. The number of carbonyl (C=O) groups excluding carboxylic acids is 2. The van der Waals surface area contributed by atoms with Gasteiger partial charge in [-0.2, -0.15) is 0 Å². The van der Waals surface area contributed by atoms with E-state index < -0.39 is 0 Å². The Morgan fingerprint density at radius 2 is 1.81 bits per heavy atom. The number of morpholine rings is 1. The fourth-order valence-corrected chi connectivity index (χ4v) is 3.96. The molecule has 2 heterocycles. The number of hydrogen-bond acceptors (Lipinski definition) is 7. The summed E-state index contributed by atoms with van der Waals surface area (Å²) < 4.78 is 16.0. The number of thioether (sulfide) groups is 1. The molecule has 2 fully saturated rings. The number of methoxy groups -OCH3 is 1. The number of nitrogens with one attached hydrogen (secondary N) is 1. The van der Waals surface area contributed by atoms with Gasteiger partial charge in [0.1, 0.15) is 11.5 Å². The number of carbonyl (C=O) groups is 2. The van der Waals surface area contributed by atoms with Crippen LogP contribution < -0.4 is 14.8 Å². The average molecular weight is 454 g/mol. The highest BCUT2D eigenvalue weighted by molar-refractivity contribution is 8.18. The number of ether oxygens (including phenoxy) is 3. The minimum atomic E-state index is -0.196. The van der Waals surface area contributed by atoms with Crippen molar-refractivity contribution in [2.75, 3.05) is 40.0 Å². The monoisotopic (exact) mass is 453 g/mol. The van der Waals surface area contributed by atoms with Crippen LogP contribution in [0.25, 0.3) is 6.08 Å². The number of benzene rings is 2. The van der Waals surface area contributed by atoms with Crippen LogP contribution in [0, 0.1) is 0 Å². The summed E-state index contributed by atoms with van der Waals surface area (Å²) in [6, 6.07) is 14.5. The third-order valence-corrected chi connectivity index (χ3v) is 5.77. The van der Waals surface area contributed by atoms with Gasteiger partial charge < -0.3 is 24.4 Å². The van der Waals surface area contributed by atoms with E-state index in [0.717, 1.165) is 17.0 Å². The van der Waals surface area contributed by atoms with Gasteiger partial charge in [0.05, 0.1) is 30.9 Å². The molecule has 9 heteroatoms. The van der Waals surface area contributed by atoms with Crippen LogP contribution in [0.4, 0.5) is 5.69 Å². The van der Waals surface area contributed by atoms with E-state index in [2.05, 4.69) is 10.3 Å². The molecule has 0 saturated carbocycles. The maximum atomic E-state index is 12.3. The molecule has 0 spiro atoms. The topological polar surface area (TPSA) is 89.5 Å². The highest BCUT2D eigenvalue weighted by Crippen LogP contribution is 2.29. The molecule has 8 nitrogen and oxygen atoms in total. The van der Waals surface area contributed by atoms with E-state index >= 15 is 0 Å². The predicted molar refractivity (Wildman–Crippen MR) is 123 cm³/mol. The molecule has 0 aliphatic carbocycles.